The zero-order valence-electron chi connectivity index (χ0n) is 28.2. The molecule has 51 heavy (non-hydrogen) atoms. The molecule has 9 rings (SSSR count). The first-order valence-electron chi connectivity index (χ1n) is 17.5. The molecule has 1 unspecified atom stereocenters. The SMILES string of the molecule is CCc1nc2ccccc2n1-c1ccc(-c2cccc3c(-c4cccc(C5=NC(c6ccccc6)NC(c6ccccc6)=N5)c4)cccc23)cc1. The first kappa shape index (κ1) is 30.5. The fourth-order valence-electron chi connectivity index (χ4n) is 7.16. The van der Waals surface area contributed by atoms with Crippen LogP contribution in [0.4, 0.5) is 0 Å². The van der Waals surface area contributed by atoms with Gasteiger partial charge in [-0.05, 0) is 68.9 Å². The maximum atomic E-state index is 5.11. The molecule has 2 heterocycles. The molecule has 0 fully saturated rings. The van der Waals surface area contributed by atoms with E-state index < -0.39 is 0 Å². The van der Waals surface area contributed by atoms with Crippen molar-refractivity contribution in [3.8, 4) is 27.9 Å². The van der Waals surface area contributed by atoms with Crippen LogP contribution in [-0.4, -0.2) is 21.2 Å². The van der Waals surface area contributed by atoms with Crippen LogP contribution in [0.2, 0.25) is 0 Å². The van der Waals surface area contributed by atoms with E-state index in [0.717, 1.165) is 57.1 Å². The smallest absolute Gasteiger partial charge is 0.159 e. The molecule has 1 aromatic heterocycles. The van der Waals surface area contributed by atoms with E-state index in [9.17, 15) is 0 Å². The number of para-hydroxylation sites is 2. The number of hydrogen-bond acceptors (Lipinski definition) is 4. The summed E-state index contributed by atoms with van der Waals surface area (Å²) >= 11 is 0. The predicted molar refractivity (Wildman–Crippen MR) is 211 cm³/mol. The summed E-state index contributed by atoms with van der Waals surface area (Å²) in [6.07, 6.45) is 0.618. The molecule has 0 saturated heterocycles. The van der Waals surface area contributed by atoms with Gasteiger partial charge < -0.3 is 5.32 Å². The summed E-state index contributed by atoms with van der Waals surface area (Å²) in [6.45, 7) is 2.16. The van der Waals surface area contributed by atoms with Crippen LogP contribution in [0.1, 0.15) is 35.6 Å². The second kappa shape index (κ2) is 13.0. The fraction of sp³-hybridized carbons (Fsp3) is 0.0652. The van der Waals surface area contributed by atoms with E-state index in [-0.39, 0.29) is 6.17 Å². The van der Waals surface area contributed by atoms with Gasteiger partial charge in [-0.2, -0.15) is 0 Å². The molecule has 0 amide bonds. The number of aromatic nitrogens is 2. The molecule has 1 aliphatic heterocycles. The Labute approximate surface area is 297 Å². The number of rotatable bonds is 7. The van der Waals surface area contributed by atoms with Gasteiger partial charge in [0, 0.05) is 23.2 Å². The zero-order chi connectivity index (χ0) is 34.1. The minimum absolute atomic E-state index is 0.245. The summed E-state index contributed by atoms with van der Waals surface area (Å²) in [5.74, 6) is 2.59. The largest absolute Gasteiger partial charge is 0.344 e. The molecule has 8 aromatic rings. The third-order valence-corrected chi connectivity index (χ3v) is 9.64. The zero-order valence-corrected chi connectivity index (χ0v) is 28.2. The number of benzene rings is 7. The number of hydrogen-bond donors (Lipinski definition) is 1. The lowest BCUT2D eigenvalue weighted by atomic mass is 9.92. The quantitative estimate of drug-likeness (QED) is 0.185. The highest BCUT2D eigenvalue weighted by molar-refractivity contribution is 6.13. The van der Waals surface area contributed by atoms with Crippen LogP contribution in [0.3, 0.4) is 0 Å². The summed E-state index contributed by atoms with van der Waals surface area (Å²) in [6, 6.07) is 59.6. The van der Waals surface area contributed by atoms with Crippen molar-refractivity contribution in [2.45, 2.75) is 19.5 Å². The molecule has 1 aliphatic rings. The van der Waals surface area contributed by atoms with E-state index in [1.807, 2.05) is 42.5 Å². The van der Waals surface area contributed by atoms with Crippen molar-refractivity contribution in [2.24, 2.45) is 9.98 Å². The number of fused-ring (bicyclic) bond motifs is 2. The van der Waals surface area contributed by atoms with Crippen molar-refractivity contribution in [3.05, 3.63) is 192 Å². The van der Waals surface area contributed by atoms with Crippen molar-refractivity contribution in [1.82, 2.24) is 14.9 Å². The Morgan fingerprint density at radius 2 is 1.20 bits per heavy atom. The number of imidazole rings is 1. The lowest BCUT2D eigenvalue weighted by Gasteiger charge is -2.23. The summed E-state index contributed by atoms with van der Waals surface area (Å²) in [7, 11) is 0. The normalized spacial score (nSPS) is 14.3. The van der Waals surface area contributed by atoms with Crippen molar-refractivity contribution in [1.29, 1.82) is 0 Å². The summed E-state index contributed by atoms with van der Waals surface area (Å²) in [5, 5.41) is 5.97. The topological polar surface area (TPSA) is 54.6 Å². The first-order chi connectivity index (χ1) is 25.2. The van der Waals surface area contributed by atoms with Crippen molar-refractivity contribution in [2.75, 3.05) is 0 Å². The van der Waals surface area contributed by atoms with Gasteiger partial charge >= 0.3 is 0 Å². The summed E-state index contributed by atoms with van der Waals surface area (Å²) < 4.78 is 2.27. The second-order valence-electron chi connectivity index (χ2n) is 12.8. The Morgan fingerprint density at radius 3 is 1.94 bits per heavy atom. The molecule has 5 nitrogen and oxygen atoms in total. The molecule has 1 atom stereocenters. The van der Waals surface area contributed by atoms with E-state index in [1.54, 1.807) is 0 Å². The van der Waals surface area contributed by atoms with Crippen LogP contribution < -0.4 is 5.32 Å². The van der Waals surface area contributed by atoms with Gasteiger partial charge in [-0.1, -0.05) is 146 Å². The molecule has 7 aromatic carbocycles. The molecule has 0 aliphatic carbocycles. The highest BCUT2D eigenvalue weighted by Crippen LogP contribution is 2.36. The molecule has 5 heteroatoms. The van der Waals surface area contributed by atoms with Gasteiger partial charge in [0.25, 0.3) is 0 Å². The van der Waals surface area contributed by atoms with Gasteiger partial charge in [0.05, 0.1) is 11.0 Å². The Bertz CT molecular complexity index is 2580. The van der Waals surface area contributed by atoms with Gasteiger partial charge in [-0.25, -0.2) is 15.0 Å². The average Bonchev–Trinajstić information content (AvgIpc) is 3.60. The van der Waals surface area contributed by atoms with Crippen LogP contribution in [0.15, 0.2) is 180 Å². The van der Waals surface area contributed by atoms with Crippen LogP contribution >= 0.6 is 0 Å². The number of amidine groups is 2. The lowest BCUT2D eigenvalue weighted by Crippen LogP contribution is -2.33. The Kier molecular flexibility index (Phi) is 7.78. The van der Waals surface area contributed by atoms with Crippen molar-refractivity contribution in [3.63, 3.8) is 0 Å². The molecule has 1 N–H and O–H groups in total. The van der Waals surface area contributed by atoms with Gasteiger partial charge in [-0.15, -0.1) is 0 Å². The minimum atomic E-state index is -0.245. The number of aryl methyl sites for hydroxylation is 1. The van der Waals surface area contributed by atoms with E-state index >= 15 is 0 Å². The maximum absolute atomic E-state index is 5.11. The third-order valence-electron chi connectivity index (χ3n) is 9.64. The highest BCUT2D eigenvalue weighted by Gasteiger charge is 2.21. The van der Waals surface area contributed by atoms with Crippen LogP contribution in [-0.2, 0) is 6.42 Å². The Balaban J connectivity index is 1.09. The van der Waals surface area contributed by atoms with E-state index in [4.69, 9.17) is 15.0 Å². The predicted octanol–water partition coefficient (Wildman–Crippen LogP) is 10.6. The van der Waals surface area contributed by atoms with Crippen LogP contribution in [0, 0.1) is 0 Å². The molecular weight excluding hydrogens is 623 g/mol. The second-order valence-corrected chi connectivity index (χ2v) is 12.8. The van der Waals surface area contributed by atoms with Gasteiger partial charge in [-0.3, -0.25) is 4.57 Å². The molecule has 0 bridgehead atoms. The number of nitrogens with zero attached hydrogens (tertiary/aromatic N) is 4. The van der Waals surface area contributed by atoms with Crippen LogP contribution in [0.25, 0.3) is 49.7 Å². The van der Waals surface area contributed by atoms with E-state index in [2.05, 4.69) is 144 Å². The standard InChI is InChI=1S/C46H35N5/c1-2-43-47-41-24-9-10-25-42(41)51(43)36-28-26-31(27-29-36)37-20-12-23-40-38(21-13-22-39(37)40)34-18-11-19-35(30-34)46-49-44(32-14-5-3-6-15-32)48-45(50-46)33-16-7-4-8-17-33/h3-30,44H,2H2,1H3,(H,48,49,50). The lowest BCUT2D eigenvalue weighted by molar-refractivity contribution is 0.674. The molecular formula is C46H35N5. The first-order valence-corrected chi connectivity index (χ1v) is 17.5. The maximum Gasteiger partial charge on any atom is 0.159 e. The van der Waals surface area contributed by atoms with Gasteiger partial charge in [0.2, 0.25) is 0 Å². The highest BCUT2D eigenvalue weighted by atomic mass is 15.2. The monoisotopic (exact) mass is 657 g/mol. The third kappa shape index (κ3) is 5.69. The average molecular weight is 658 g/mol. The number of nitrogens with one attached hydrogen (secondary N) is 1. The van der Waals surface area contributed by atoms with Crippen molar-refractivity contribution >= 4 is 33.5 Å². The van der Waals surface area contributed by atoms with Gasteiger partial charge in [0.15, 0.2) is 5.84 Å². The van der Waals surface area contributed by atoms with Crippen LogP contribution in [0.5, 0.6) is 0 Å². The Hall–Kier alpha value is -6.59. The minimum Gasteiger partial charge on any atom is -0.344 e. The molecule has 0 radical (unpaired) electrons. The van der Waals surface area contributed by atoms with Gasteiger partial charge in [0.1, 0.15) is 17.8 Å². The molecule has 0 spiro atoms. The summed E-state index contributed by atoms with van der Waals surface area (Å²) in [5.41, 5.74) is 11.0. The fourth-order valence-corrected chi connectivity index (χ4v) is 7.16. The number of aliphatic imine (C=N–C) groups is 2. The van der Waals surface area contributed by atoms with E-state index in [1.165, 1.54) is 27.5 Å². The molecule has 244 valence electrons. The van der Waals surface area contributed by atoms with E-state index in [0.29, 0.717) is 5.84 Å². The van der Waals surface area contributed by atoms with Crippen molar-refractivity contribution < 1.29 is 0 Å². The Morgan fingerprint density at radius 1 is 0.569 bits per heavy atom. The molecule has 0 saturated carbocycles. The summed E-state index contributed by atoms with van der Waals surface area (Å²) in [4.78, 5) is 15.1.